The van der Waals surface area contributed by atoms with Gasteiger partial charge in [-0.25, -0.2) is 0 Å². The molecule has 0 saturated carbocycles. The van der Waals surface area contributed by atoms with Crippen LogP contribution in [0.2, 0.25) is 0 Å². The Hall–Kier alpha value is -3.68. The first-order valence-corrected chi connectivity index (χ1v) is 7.95. The van der Waals surface area contributed by atoms with Crippen LogP contribution in [0.1, 0.15) is 27.6 Å². The second-order valence-electron chi connectivity index (χ2n) is 5.69. The second-order valence-corrected chi connectivity index (χ2v) is 5.69. The fraction of sp³-hybridized carbons (Fsp3) is 0.111. The van der Waals surface area contributed by atoms with Crippen LogP contribution in [0.3, 0.4) is 0 Å². The SMILES string of the molecule is CCOc1ccc(-n2c(N)c3c(cc2=O)C(=O)NC3=O)c2cccnc12. The first-order valence-electron chi connectivity index (χ1n) is 7.95. The molecule has 0 fully saturated rings. The molecule has 0 bridgehead atoms. The van der Waals surface area contributed by atoms with Crippen molar-refractivity contribution in [3.8, 4) is 11.4 Å². The number of nitrogens with two attached hydrogens (primary N) is 1. The molecule has 8 nitrogen and oxygen atoms in total. The van der Waals surface area contributed by atoms with Gasteiger partial charge in [-0.2, -0.15) is 0 Å². The van der Waals surface area contributed by atoms with Crippen LogP contribution < -0.4 is 21.3 Å². The van der Waals surface area contributed by atoms with Crippen molar-refractivity contribution in [3.63, 3.8) is 0 Å². The van der Waals surface area contributed by atoms with Crippen molar-refractivity contribution in [2.75, 3.05) is 12.3 Å². The summed E-state index contributed by atoms with van der Waals surface area (Å²) in [5, 5.41) is 2.79. The Kier molecular flexibility index (Phi) is 3.47. The topological polar surface area (TPSA) is 116 Å². The maximum Gasteiger partial charge on any atom is 0.262 e. The van der Waals surface area contributed by atoms with E-state index in [1.54, 1.807) is 30.5 Å². The van der Waals surface area contributed by atoms with E-state index in [1.807, 2.05) is 6.92 Å². The highest BCUT2D eigenvalue weighted by Crippen LogP contribution is 2.31. The van der Waals surface area contributed by atoms with E-state index >= 15 is 0 Å². The summed E-state index contributed by atoms with van der Waals surface area (Å²) in [5.74, 6) is -0.763. The number of pyridine rings is 2. The Morgan fingerprint density at radius 1 is 1.19 bits per heavy atom. The van der Waals surface area contributed by atoms with Gasteiger partial charge in [0.15, 0.2) is 0 Å². The number of imide groups is 1. The standard InChI is InChI=1S/C18H14N4O4/c1-2-26-12-6-5-11(9-4-3-7-20-15(9)12)22-13(23)8-10-14(16(22)19)18(25)21-17(10)24/h3-8H,2,19H2,1H3,(H,21,24,25). The van der Waals surface area contributed by atoms with Crippen molar-refractivity contribution in [1.29, 1.82) is 0 Å². The van der Waals surface area contributed by atoms with Crippen LogP contribution in [0.15, 0.2) is 41.3 Å². The molecule has 2 amide bonds. The number of benzene rings is 1. The van der Waals surface area contributed by atoms with Crippen LogP contribution >= 0.6 is 0 Å². The van der Waals surface area contributed by atoms with E-state index in [0.29, 0.717) is 28.9 Å². The number of rotatable bonds is 3. The van der Waals surface area contributed by atoms with Crippen molar-refractivity contribution in [3.05, 3.63) is 58.0 Å². The average Bonchev–Trinajstić information content (AvgIpc) is 2.90. The number of hydrogen-bond donors (Lipinski definition) is 2. The predicted octanol–water partition coefficient (Wildman–Crippen LogP) is 1.25. The Bertz CT molecular complexity index is 1150. The molecule has 0 saturated heterocycles. The van der Waals surface area contributed by atoms with Gasteiger partial charge < -0.3 is 10.5 Å². The Labute approximate surface area is 147 Å². The number of ether oxygens (including phenoxy) is 1. The van der Waals surface area contributed by atoms with Crippen molar-refractivity contribution >= 4 is 28.5 Å². The van der Waals surface area contributed by atoms with Gasteiger partial charge in [0, 0.05) is 17.6 Å². The third-order valence-electron chi connectivity index (χ3n) is 4.20. The highest BCUT2D eigenvalue weighted by molar-refractivity contribution is 6.23. The number of fused-ring (bicyclic) bond motifs is 2. The summed E-state index contributed by atoms with van der Waals surface area (Å²) < 4.78 is 6.79. The molecule has 4 rings (SSSR count). The molecular formula is C18H14N4O4. The zero-order valence-electron chi connectivity index (χ0n) is 13.8. The normalized spacial score (nSPS) is 13.0. The van der Waals surface area contributed by atoms with Crippen LogP contribution in [0, 0.1) is 0 Å². The summed E-state index contributed by atoms with van der Waals surface area (Å²) in [5.41, 5.74) is 6.60. The molecule has 2 aromatic heterocycles. The monoisotopic (exact) mass is 350 g/mol. The molecule has 0 spiro atoms. The van der Waals surface area contributed by atoms with Gasteiger partial charge in [0.1, 0.15) is 17.1 Å². The van der Waals surface area contributed by atoms with Crippen molar-refractivity contribution in [2.45, 2.75) is 6.92 Å². The van der Waals surface area contributed by atoms with Gasteiger partial charge in [0.05, 0.1) is 23.4 Å². The van der Waals surface area contributed by atoms with E-state index in [-0.39, 0.29) is 16.9 Å². The Balaban J connectivity index is 2.05. The van der Waals surface area contributed by atoms with Crippen LogP contribution in [-0.4, -0.2) is 28.0 Å². The van der Waals surface area contributed by atoms with Gasteiger partial charge in [-0.05, 0) is 31.2 Å². The van der Waals surface area contributed by atoms with Crippen molar-refractivity contribution in [1.82, 2.24) is 14.9 Å². The minimum Gasteiger partial charge on any atom is -0.492 e. The van der Waals surface area contributed by atoms with E-state index in [9.17, 15) is 14.4 Å². The van der Waals surface area contributed by atoms with E-state index in [1.165, 1.54) is 4.57 Å². The molecule has 26 heavy (non-hydrogen) atoms. The van der Waals surface area contributed by atoms with E-state index in [0.717, 1.165) is 6.07 Å². The quantitative estimate of drug-likeness (QED) is 0.687. The number of nitrogens with one attached hydrogen (secondary N) is 1. The van der Waals surface area contributed by atoms with Gasteiger partial charge in [0.25, 0.3) is 17.4 Å². The molecule has 8 heteroatoms. The van der Waals surface area contributed by atoms with E-state index in [4.69, 9.17) is 10.5 Å². The molecule has 3 heterocycles. The summed E-state index contributed by atoms with van der Waals surface area (Å²) >= 11 is 0. The van der Waals surface area contributed by atoms with Gasteiger partial charge in [-0.3, -0.25) is 29.3 Å². The van der Waals surface area contributed by atoms with Crippen LogP contribution in [-0.2, 0) is 0 Å². The fourth-order valence-electron chi connectivity index (χ4n) is 3.13. The number of nitrogens with zero attached hydrogens (tertiary/aromatic N) is 2. The fourth-order valence-corrected chi connectivity index (χ4v) is 3.13. The largest absolute Gasteiger partial charge is 0.492 e. The average molecular weight is 350 g/mol. The maximum atomic E-state index is 12.6. The summed E-state index contributed by atoms with van der Waals surface area (Å²) in [7, 11) is 0. The minimum absolute atomic E-state index is 0.000486. The van der Waals surface area contributed by atoms with Crippen molar-refractivity contribution < 1.29 is 14.3 Å². The number of anilines is 1. The summed E-state index contributed by atoms with van der Waals surface area (Å²) in [6, 6.07) is 7.99. The molecule has 3 aromatic rings. The number of carbonyl (C=O) groups is 2. The second kappa shape index (κ2) is 5.69. The number of aromatic nitrogens is 2. The molecule has 0 radical (unpaired) electrons. The third-order valence-corrected chi connectivity index (χ3v) is 4.20. The highest BCUT2D eigenvalue weighted by Gasteiger charge is 2.32. The van der Waals surface area contributed by atoms with Gasteiger partial charge in [-0.15, -0.1) is 0 Å². The zero-order chi connectivity index (χ0) is 18.4. The third kappa shape index (κ3) is 2.16. The number of amides is 2. The predicted molar refractivity (Wildman–Crippen MR) is 94.7 cm³/mol. The van der Waals surface area contributed by atoms with Crippen LogP contribution in [0.5, 0.6) is 5.75 Å². The van der Waals surface area contributed by atoms with Gasteiger partial charge in [0.2, 0.25) is 0 Å². The molecule has 1 aromatic carbocycles. The molecule has 1 aliphatic heterocycles. The lowest BCUT2D eigenvalue weighted by Crippen LogP contribution is -2.24. The van der Waals surface area contributed by atoms with E-state index in [2.05, 4.69) is 10.3 Å². The number of hydrogen-bond acceptors (Lipinski definition) is 6. The Morgan fingerprint density at radius 2 is 2.00 bits per heavy atom. The molecule has 0 aliphatic carbocycles. The molecule has 0 atom stereocenters. The van der Waals surface area contributed by atoms with Crippen molar-refractivity contribution in [2.24, 2.45) is 0 Å². The lowest BCUT2D eigenvalue weighted by atomic mass is 10.1. The highest BCUT2D eigenvalue weighted by atomic mass is 16.5. The van der Waals surface area contributed by atoms with Gasteiger partial charge >= 0.3 is 0 Å². The Morgan fingerprint density at radius 3 is 2.77 bits per heavy atom. The van der Waals surface area contributed by atoms with Crippen LogP contribution in [0.25, 0.3) is 16.6 Å². The van der Waals surface area contributed by atoms with Gasteiger partial charge in [-0.1, -0.05) is 0 Å². The molecule has 130 valence electrons. The minimum atomic E-state index is -0.626. The maximum absolute atomic E-state index is 12.6. The summed E-state index contributed by atoms with van der Waals surface area (Å²) in [4.78, 5) is 40.8. The lowest BCUT2D eigenvalue weighted by molar-refractivity contribution is 0.0880. The molecular weight excluding hydrogens is 336 g/mol. The summed E-state index contributed by atoms with van der Waals surface area (Å²) in [6.07, 6.45) is 1.62. The van der Waals surface area contributed by atoms with E-state index < -0.39 is 17.4 Å². The summed E-state index contributed by atoms with van der Waals surface area (Å²) in [6.45, 7) is 2.33. The molecule has 0 unspecified atom stereocenters. The number of carbonyl (C=O) groups excluding carboxylic acids is 2. The van der Waals surface area contributed by atoms with Crippen LogP contribution in [0.4, 0.5) is 5.82 Å². The smallest absolute Gasteiger partial charge is 0.262 e. The number of nitrogen functional groups attached to an aromatic ring is 1. The molecule has 1 aliphatic rings. The molecule has 3 N–H and O–H groups in total. The zero-order valence-corrected chi connectivity index (χ0v) is 13.8. The first-order chi connectivity index (χ1) is 12.5. The lowest BCUT2D eigenvalue weighted by Gasteiger charge is -2.15. The first kappa shape index (κ1) is 15.8.